The maximum absolute atomic E-state index is 10.7. The number of aryl methyl sites for hydroxylation is 1. The van der Waals surface area contributed by atoms with Crippen LogP contribution in [0, 0.1) is 11.8 Å². The van der Waals surface area contributed by atoms with Crippen LogP contribution < -0.4 is 0 Å². The average Bonchev–Trinajstić information content (AvgIpc) is 2.82. The molecule has 1 aromatic rings. The van der Waals surface area contributed by atoms with Crippen molar-refractivity contribution < 1.29 is 5.11 Å². The summed E-state index contributed by atoms with van der Waals surface area (Å²) in [4.78, 5) is 0. The second-order valence-electron chi connectivity index (χ2n) is 6.37. The van der Waals surface area contributed by atoms with E-state index < -0.39 is 0 Å². The Labute approximate surface area is 110 Å². The molecule has 2 aliphatic carbocycles. The number of fused-ring (bicyclic) bond motifs is 1. The van der Waals surface area contributed by atoms with Gasteiger partial charge in [0.15, 0.2) is 0 Å². The number of hydrogen-bond acceptors (Lipinski definition) is 1. The topological polar surface area (TPSA) is 20.2 Å². The fourth-order valence-corrected chi connectivity index (χ4v) is 4.06. The summed E-state index contributed by atoms with van der Waals surface area (Å²) in [5, 5.41) is 10.7. The first-order chi connectivity index (χ1) is 8.75. The van der Waals surface area contributed by atoms with Crippen LogP contribution in [0.3, 0.4) is 0 Å². The SMILES string of the molecule is CC1CCCC(C(O)C2CCc3ccccc32)C1. The molecule has 18 heavy (non-hydrogen) atoms. The zero-order valence-electron chi connectivity index (χ0n) is 11.3. The minimum absolute atomic E-state index is 0.114. The zero-order valence-corrected chi connectivity index (χ0v) is 11.3. The van der Waals surface area contributed by atoms with E-state index >= 15 is 0 Å². The highest BCUT2D eigenvalue weighted by Gasteiger charge is 2.34. The molecule has 0 amide bonds. The highest BCUT2D eigenvalue weighted by Crippen LogP contribution is 2.41. The van der Waals surface area contributed by atoms with E-state index in [-0.39, 0.29) is 6.10 Å². The van der Waals surface area contributed by atoms with Crippen LogP contribution in [0.15, 0.2) is 24.3 Å². The highest BCUT2D eigenvalue weighted by atomic mass is 16.3. The molecule has 0 aromatic heterocycles. The van der Waals surface area contributed by atoms with Gasteiger partial charge in [-0.1, -0.05) is 44.0 Å². The van der Waals surface area contributed by atoms with Crippen molar-refractivity contribution in [2.24, 2.45) is 11.8 Å². The zero-order chi connectivity index (χ0) is 12.5. The van der Waals surface area contributed by atoms with Gasteiger partial charge in [0.2, 0.25) is 0 Å². The second-order valence-corrected chi connectivity index (χ2v) is 6.37. The molecule has 4 atom stereocenters. The number of aliphatic hydroxyl groups excluding tert-OH is 1. The molecule has 0 bridgehead atoms. The van der Waals surface area contributed by atoms with Crippen molar-refractivity contribution >= 4 is 0 Å². The normalized spacial score (nSPS) is 33.1. The molecule has 1 N–H and O–H groups in total. The molecular formula is C17H24O. The van der Waals surface area contributed by atoms with Gasteiger partial charge in [-0.15, -0.1) is 0 Å². The molecule has 1 saturated carbocycles. The average molecular weight is 244 g/mol. The van der Waals surface area contributed by atoms with Crippen molar-refractivity contribution in [3.63, 3.8) is 0 Å². The molecule has 0 aliphatic heterocycles. The van der Waals surface area contributed by atoms with Crippen LogP contribution >= 0.6 is 0 Å². The fourth-order valence-electron chi connectivity index (χ4n) is 4.06. The number of aliphatic hydroxyl groups is 1. The summed E-state index contributed by atoms with van der Waals surface area (Å²) in [6.07, 6.45) is 7.29. The molecule has 1 aromatic carbocycles. The van der Waals surface area contributed by atoms with E-state index in [9.17, 15) is 5.11 Å². The van der Waals surface area contributed by atoms with Crippen LogP contribution in [-0.2, 0) is 6.42 Å². The molecule has 2 aliphatic rings. The minimum atomic E-state index is -0.114. The first kappa shape index (κ1) is 12.2. The van der Waals surface area contributed by atoms with Crippen molar-refractivity contribution in [2.45, 2.75) is 57.5 Å². The molecule has 1 fully saturated rings. The summed E-state index contributed by atoms with van der Waals surface area (Å²) >= 11 is 0. The van der Waals surface area contributed by atoms with Crippen molar-refractivity contribution in [3.8, 4) is 0 Å². The molecule has 0 radical (unpaired) electrons. The van der Waals surface area contributed by atoms with Gasteiger partial charge in [-0.05, 0) is 48.6 Å². The van der Waals surface area contributed by atoms with E-state index in [4.69, 9.17) is 0 Å². The summed E-state index contributed by atoms with van der Waals surface area (Å²) in [5.74, 6) is 1.73. The molecule has 3 rings (SSSR count). The van der Waals surface area contributed by atoms with Gasteiger partial charge < -0.3 is 5.11 Å². The van der Waals surface area contributed by atoms with Gasteiger partial charge >= 0.3 is 0 Å². The number of benzene rings is 1. The van der Waals surface area contributed by atoms with Crippen LogP contribution in [0.25, 0.3) is 0 Å². The molecule has 0 saturated heterocycles. The lowest BCUT2D eigenvalue weighted by Gasteiger charge is -2.33. The van der Waals surface area contributed by atoms with E-state index in [2.05, 4.69) is 31.2 Å². The largest absolute Gasteiger partial charge is 0.392 e. The second kappa shape index (κ2) is 5.05. The Morgan fingerprint density at radius 3 is 2.83 bits per heavy atom. The van der Waals surface area contributed by atoms with Gasteiger partial charge in [-0.2, -0.15) is 0 Å². The number of rotatable bonds is 2. The molecule has 1 nitrogen and oxygen atoms in total. The van der Waals surface area contributed by atoms with Gasteiger partial charge in [0, 0.05) is 5.92 Å². The van der Waals surface area contributed by atoms with Crippen LogP contribution in [-0.4, -0.2) is 11.2 Å². The predicted octanol–water partition coefficient (Wildman–Crippen LogP) is 3.90. The Balaban J connectivity index is 1.75. The lowest BCUT2D eigenvalue weighted by Crippen LogP contribution is -2.30. The minimum Gasteiger partial charge on any atom is -0.392 e. The van der Waals surface area contributed by atoms with Crippen LogP contribution in [0.5, 0.6) is 0 Å². The third kappa shape index (κ3) is 2.21. The number of hydrogen-bond donors (Lipinski definition) is 1. The third-order valence-electron chi connectivity index (χ3n) is 5.05. The van der Waals surface area contributed by atoms with Crippen LogP contribution in [0.4, 0.5) is 0 Å². The summed E-state index contributed by atoms with van der Waals surface area (Å²) in [7, 11) is 0. The molecule has 0 spiro atoms. The molecule has 4 unspecified atom stereocenters. The van der Waals surface area contributed by atoms with Crippen molar-refractivity contribution in [1.29, 1.82) is 0 Å². The smallest absolute Gasteiger partial charge is 0.0637 e. The van der Waals surface area contributed by atoms with Gasteiger partial charge in [-0.25, -0.2) is 0 Å². The molecular weight excluding hydrogens is 220 g/mol. The van der Waals surface area contributed by atoms with Gasteiger partial charge in [-0.3, -0.25) is 0 Å². The quantitative estimate of drug-likeness (QED) is 0.836. The monoisotopic (exact) mass is 244 g/mol. The highest BCUT2D eigenvalue weighted by molar-refractivity contribution is 5.35. The van der Waals surface area contributed by atoms with E-state index in [1.54, 1.807) is 0 Å². The first-order valence-electron chi connectivity index (χ1n) is 7.51. The standard InChI is InChI=1S/C17H24O/c1-12-5-4-7-14(11-12)17(18)16-10-9-13-6-2-3-8-15(13)16/h2-3,6,8,12,14,16-18H,4-5,7,9-11H2,1H3. The Morgan fingerprint density at radius 2 is 2.00 bits per heavy atom. The Kier molecular flexibility index (Phi) is 3.43. The molecule has 0 heterocycles. The third-order valence-corrected chi connectivity index (χ3v) is 5.05. The summed E-state index contributed by atoms with van der Waals surface area (Å²) in [6.45, 7) is 2.33. The predicted molar refractivity (Wildman–Crippen MR) is 74.6 cm³/mol. The van der Waals surface area contributed by atoms with Crippen molar-refractivity contribution in [3.05, 3.63) is 35.4 Å². The Hall–Kier alpha value is -0.820. The van der Waals surface area contributed by atoms with Crippen molar-refractivity contribution in [2.75, 3.05) is 0 Å². The maximum atomic E-state index is 10.7. The maximum Gasteiger partial charge on any atom is 0.0637 e. The van der Waals surface area contributed by atoms with E-state index in [0.717, 1.165) is 18.8 Å². The van der Waals surface area contributed by atoms with Gasteiger partial charge in [0.25, 0.3) is 0 Å². The van der Waals surface area contributed by atoms with E-state index in [0.29, 0.717) is 11.8 Å². The van der Waals surface area contributed by atoms with Crippen LogP contribution in [0.2, 0.25) is 0 Å². The Bertz CT molecular complexity index is 412. The summed E-state index contributed by atoms with van der Waals surface area (Å²) in [5.41, 5.74) is 2.88. The van der Waals surface area contributed by atoms with E-state index in [1.165, 1.54) is 36.8 Å². The first-order valence-corrected chi connectivity index (χ1v) is 7.51. The fraction of sp³-hybridized carbons (Fsp3) is 0.647. The van der Waals surface area contributed by atoms with Gasteiger partial charge in [0.05, 0.1) is 6.10 Å². The van der Waals surface area contributed by atoms with Gasteiger partial charge in [0.1, 0.15) is 0 Å². The molecule has 1 heteroatoms. The molecule has 98 valence electrons. The summed E-state index contributed by atoms with van der Waals surface area (Å²) < 4.78 is 0. The van der Waals surface area contributed by atoms with E-state index in [1.807, 2.05) is 0 Å². The van der Waals surface area contributed by atoms with Crippen molar-refractivity contribution in [1.82, 2.24) is 0 Å². The lowest BCUT2D eigenvalue weighted by atomic mass is 9.75. The Morgan fingerprint density at radius 1 is 1.17 bits per heavy atom. The lowest BCUT2D eigenvalue weighted by molar-refractivity contribution is 0.0494. The summed E-state index contributed by atoms with van der Waals surface area (Å²) in [6, 6.07) is 8.69. The van der Waals surface area contributed by atoms with Crippen LogP contribution in [0.1, 0.15) is 56.1 Å².